The molecule has 1 aromatic heterocycles. The second-order valence-corrected chi connectivity index (χ2v) is 4.03. The summed E-state index contributed by atoms with van der Waals surface area (Å²) in [5.74, 6) is 1.73. The van der Waals surface area contributed by atoms with E-state index in [2.05, 4.69) is 22.4 Å². The molecule has 1 fully saturated rings. The van der Waals surface area contributed by atoms with Crippen LogP contribution in [0.2, 0.25) is 0 Å². The molecule has 0 bridgehead atoms. The Balaban J connectivity index is 2.21. The van der Waals surface area contributed by atoms with Crippen molar-refractivity contribution in [2.24, 2.45) is 0 Å². The summed E-state index contributed by atoms with van der Waals surface area (Å²) in [6, 6.07) is 4.32. The van der Waals surface area contributed by atoms with Gasteiger partial charge in [0.1, 0.15) is 5.82 Å². The summed E-state index contributed by atoms with van der Waals surface area (Å²) in [5.41, 5.74) is 1.41. The highest BCUT2D eigenvalue weighted by Gasteiger charge is 2.16. The monoisotopic (exact) mass is 191 g/mol. The third-order valence-corrected chi connectivity index (χ3v) is 2.76. The van der Waals surface area contributed by atoms with Crippen LogP contribution in [0.5, 0.6) is 0 Å². The molecular weight excluding hydrogens is 174 g/mol. The standard InChI is InChI=1S/C11H17N3/c1-14(2)11-7-9(4-6-13-11)10-3-5-12-8-10/h4,6-7,10,12H,3,5,8H2,1-2H3. The predicted molar refractivity (Wildman–Crippen MR) is 58.8 cm³/mol. The van der Waals surface area contributed by atoms with E-state index in [0.717, 1.165) is 18.9 Å². The molecule has 0 amide bonds. The first-order chi connectivity index (χ1) is 6.77. The second-order valence-electron chi connectivity index (χ2n) is 4.03. The molecule has 76 valence electrons. The molecule has 0 aromatic carbocycles. The molecule has 3 nitrogen and oxygen atoms in total. The smallest absolute Gasteiger partial charge is 0.128 e. The normalized spacial score (nSPS) is 21.1. The zero-order chi connectivity index (χ0) is 9.97. The average molecular weight is 191 g/mol. The summed E-state index contributed by atoms with van der Waals surface area (Å²) in [4.78, 5) is 6.36. The summed E-state index contributed by atoms with van der Waals surface area (Å²) < 4.78 is 0. The van der Waals surface area contributed by atoms with Crippen molar-refractivity contribution in [3.8, 4) is 0 Å². The SMILES string of the molecule is CN(C)c1cc(C2CCNC2)ccn1. The highest BCUT2D eigenvalue weighted by molar-refractivity contribution is 5.40. The third kappa shape index (κ3) is 1.87. The van der Waals surface area contributed by atoms with Crippen molar-refractivity contribution in [2.45, 2.75) is 12.3 Å². The van der Waals surface area contributed by atoms with Crippen LogP contribution in [0.3, 0.4) is 0 Å². The number of nitrogens with one attached hydrogen (secondary N) is 1. The number of hydrogen-bond donors (Lipinski definition) is 1. The van der Waals surface area contributed by atoms with Crippen molar-refractivity contribution in [1.29, 1.82) is 0 Å². The molecule has 1 aliphatic heterocycles. The molecule has 14 heavy (non-hydrogen) atoms. The van der Waals surface area contributed by atoms with Crippen molar-refractivity contribution < 1.29 is 0 Å². The van der Waals surface area contributed by atoms with Gasteiger partial charge in [0.05, 0.1) is 0 Å². The molecule has 1 unspecified atom stereocenters. The number of anilines is 1. The van der Waals surface area contributed by atoms with Gasteiger partial charge in [-0.2, -0.15) is 0 Å². The van der Waals surface area contributed by atoms with Gasteiger partial charge < -0.3 is 10.2 Å². The van der Waals surface area contributed by atoms with Gasteiger partial charge in [0.15, 0.2) is 0 Å². The Hall–Kier alpha value is -1.09. The lowest BCUT2D eigenvalue weighted by atomic mass is 9.99. The van der Waals surface area contributed by atoms with Crippen molar-refractivity contribution in [3.63, 3.8) is 0 Å². The van der Waals surface area contributed by atoms with Crippen LogP contribution in [-0.2, 0) is 0 Å². The maximum atomic E-state index is 4.32. The summed E-state index contributed by atoms with van der Waals surface area (Å²) in [6.07, 6.45) is 3.15. The number of rotatable bonds is 2. The molecule has 0 spiro atoms. The van der Waals surface area contributed by atoms with Gasteiger partial charge in [-0.25, -0.2) is 4.98 Å². The first-order valence-corrected chi connectivity index (χ1v) is 5.11. The minimum Gasteiger partial charge on any atom is -0.363 e. The molecule has 0 saturated carbocycles. The molecule has 0 aliphatic carbocycles. The van der Waals surface area contributed by atoms with E-state index in [1.165, 1.54) is 12.0 Å². The molecule has 1 saturated heterocycles. The molecule has 3 heteroatoms. The van der Waals surface area contributed by atoms with E-state index in [1.54, 1.807) is 0 Å². The van der Waals surface area contributed by atoms with Gasteiger partial charge in [-0.1, -0.05) is 0 Å². The van der Waals surface area contributed by atoms with Gasteiger partial charge in [0, 0.05) is 26.8 Å². The fourth-order valence-corrected chi connectivity index (χ4v) is 1.87. The number of nitrogens with zero attached hydrogens (tertiary/aromatic N) is 2. The van der Waals surface area contributed by atoms with Crippen LogP contribution in [0, 0.1) is 0 Å². The Morgan fingerprint density at radius 3 is 3.00 bits per heavy atom. The van der Waals surface area contributed by atoms with Crippen LogP contribution in [0.15, 0.2) is 18.3 Å². The lowest BCUT2D eigenvalue weighted by Crippen LogP contribution is -2.12. The summed E-state index contributed by atoms with van der Waals surface area (Å²) >= 11 is 0. The largest absolute Gasteiger partial charge is 0.363 e. The highest BCUT2D eigenvalue weighted by Crippen LogP contribution is 2.23. The Kier molecular flexibility index (Phi) is 2.68. The Morgan fingerprint density at radius 1 is 1.50 bits per heavy atom. The molecule has 1 N–H and O–H groups in total. The molecular formula is C11H17N3. The van der Waals surface area contributed by atoms with E-state index in [0.29, 0.717) is 5.92 Å². The zero-order valence-electron chi connectivity index (χ0n) is 8.83. The molecule has 0 radical (unpaired) electrons. The van der Waals surface area contributed by atoms with Gasteiger partial charge in [-0.05, 0) is 36.6 Å². The first kappa shape index (κ1) is 9.46. The van der Waals surface area contributed by atoms with Crippen LogP contribution in [0.25, 0.3) is 0 Å². The maximum absolute atomic E-state index is 4.32. The van der Waals surface area contributed by atoms with Crippen molar-refractivity contribution in [2.75, 3.05) is 32.1 Å². The minimum absolute atomic E-state index is 0.677. The molecule has 1 atom stereocenters. The number of pyridine rings is 1. The minimum atomic E-state index is 0.677. The van der Waals surface area contributed by atoms with Gasteiger partial charge in [-0.15, -0.1) is 0 Å². The van der Waals surface area contributed by atoms with Gasteiger partial charge >= 0.3 is 0 Å². The van der Waals surface area contributed by atoms with Crippen LogP contribution in [0.1, 0.15) is 17.9 Å². The van der Waals surface area contributed by atoms with E-state index < -0.39 is 0 Å². The highest BCUT2D eigenvalue weighted by atomic mass is 15.1. The fraction of sp³-hybridized carbons (Fsp3) is 0.545. The van der Waals surface area contributed by atoms with E-state index in [1.807, 2.05) is 25.2 Å². The fourth-order valence-electron chi connectivity index (χ4n) is 1.87. The van der Waals surface area contributed by atoms with E-state index in [-0.39, 0.29) is 0 Å². The number of aromatic nitrogens is 1. The summed E-state index contributed by atoms with van der Waals surface area (Å²) in [5, 5.41) is 3.39. The Bertz CT molecular complexity index is 303. The predicted octanol–water partition coefficient (Wildman–Crippen LogP) is 1.22. The molecule has 1 aromatic rings. The number of hydrogen-bond acceptors (Lipinski definition) is 3. The molecule has 2 heterocycles. The van der Waals surface area contributed by atoms with Crippen LogP contribution in [-0.4, -0.2) is 32.2 Å². The van der Waals surface area contributed by atoms with Gasteiger partial charge in [0.25, 0.3) is 0 Å². The summed E-state index contributed by atoms with van der Waals surface area (Å²) in [6.45, 7) is 2.25. The molecule has 1 aliphatic rings. The van der Waals surface area contributed by atoms with Crippen LogP contribution in [0.4, 0.5) is 5.82 Å². The van der Waals surface area contributed by atoms with Gasteiger partial charge in [0.2, 0.25) is 0 Å². The quantitative estimate of drug-likeness (QED) is 0.762. The first-order valence-electron chi connectivity index (χ1n) is 5.11. The average Bonchev–Trinajstić information content (AvgIpc) is 2.71. The van der Waals surface area contributed by atoms with Crippen LogP contribution < -0.4 is 10.2 Å². The van der Waals surface area contributed by atoms with E-state index >= 15 is 0 Å². The van der Waals surface area contributed by atoms with Crippen molar-refractivity contribution >= 4 is 5.82 Å². The third-order valence-electron chi connectivity index (χ3n) is 2.76. The van der Waals surface area contributed by atoms with Gasteiger partial charge in [-0.3, -0.25) is 0 Å². The zero-order valence-corrected chi connectivity index (χ0v) is 8.83. The Labute approximate surface area is 85.1 Å². The second kappa shape index (κ2) is 3.96. The van der Waals surface area contributed by atoms with E-state index in [4.69, 9.17) is 0 Å². The van der Waals surface area contributed by atoms with Crippen molar-refractivity contribution in [1.82, 2.24) is 10.3 Å². The lowest BCUT2D eigenvalue weighted by Gasteiger charge is -2.14. The maximum Gasteiger partial charge on any atom is 0.128 e. The Morgan fingerprint density at radius 2 is 2.36 bits per heavy atom. The van der Waals surface area contributed by atoms with Crippen molar-refractivity contribution in [3.05, 3.63) is 23.9 Å². The van der Waals surface area contributed by atoms with Crippen LogP contribution >= 0.6 is 0 Å². The lowest BCUT2D eigenvalue weighted by molar-refractivity contribution is 0.761. The topological polar surface area (TPSA) is 28.2 Å². The molecule has 2 rings (SSSR count). The van der Waals surface area contributed by atoms with E-state index in [9.17, 15) is 0 Å². The summed E-state index contributed by atoms with van der Waals surface area (Å²) in [7, 11) is 4.05.